The SMILES string of the molecule is O=C(Cl)c1nc(C(F)F)cc(Cl)c1F. The number of halogens is 5. The number of rotatable bonds is 2. The molecule has 1 heterocycles. The molecule has 14 heavy (non-hydrogen) atoms. The summed E-state index contributed by atoms with van der Waals surface area (Å²) in [4.78, 5) is 13.6. The van der Waals surface area contributed by atoms with E-state index >= 15 is 0 Å². The van der Waals surface area contributed by atoms with E-state index in [4.69, 9.17) is 23.2 Å². The van der Waals surface area contributed by atoms with Gasteiger partial charge in [0.2, 0.25) is 0 Å². The van der Waals surface area contributed by atoms with Gasteiger partial charge in [-0.05, 0) is 17.7 Å². The second-order valence-corrected chi connectivity index (χ2v) is 3.02. The molecule has 0 amide bonds. The predicted octanol–water partition coefficient (Wildman–Crippen LogP) is 3.19. The first-order valence-corrected chi connectivity index (χ1v) is 4.03. The number of carbonyl (C=O) groups is 1. The van der Waals surface area contributed by atoms with Gasteiger partial charge in [-0.3, -0.25) is 4.79 Å². The van der Waals surface area contributed by atoms with Gasteiger partial charge in [-0.15, -0.1) is 0 Å². The largest absolute Gasteiger partial charge is 0.280 e. The molecular formula is C7H2Cl2F3NO. The Kier molecular flexibility index (Phi) is 3.34. The Balaban J connectivity index is 3.35. The molecule has 0 fully saturated rings. The Bertz CT molecular complexity index is 383. The van der Waals surface area contributed by atoms with Crippen LogP contribution in [-0.4, -0.2) is 10.2 Å². The van der Waals surface area contributed by atoms with Crippen LogP contribution in [0, 0.1) is 5.82 Å². The maximum atomic E-state index is 13.0. The van der Waals surface area contributed by atoms with Crippen molar-refractivity contribution in [1.29, 1.82) is 0 Å². The van der Waals surface area contributed by atoms with E-state index in [1.54, 1.807) is 0 Å². The highest BCUT2D eigenvalue weighted by Gasteiger charge is 2.20. The first-order valence-electron chi connectivity index (χ1n) is 3.27. The van der Waals surface area contributed by atoms with Crippen molar-refractivity contribution in [3.63, 3.8) is 0 Å². The highest BCUT2D eigenvalue weighted by atomic mass is 35.5. The van der Waals surface area contributed by atoms with Gasteiger partial charge >= 0.3 is 0 Å². The number of pyridine rings is 1. The van der Waals surface area contributed by atoms with Gasteiger partial charge in [0.1, 0.15) is 5.69 Å². The van der Waals surface area contributed by atoms with Crippen LogP contribution in [0.4, 0.5) is 13.2 Å². The molecule has 0 saturated carbocycles. The highest BCUT2D eigenvalue weighted by molar-refractivity contribution is 6.67. The third kappa shape index (κ3) is 2.16. The summed E-state index contributed by atoms with van der Waals surface area (Å²) >= 11 is 10.2. The fourth-order valence-electron chi connectivity index (χ4n) is 0.759. The normalized spacial score (nSPS) is 10.7. The minimum Gasteiger partial charge on any atom is -0.274 e. The molecule has 1 aromatic heterocycles. The quantitative estimate of drug-likeness (QED) is 0.747. The minimum absolute atomic E-state index is 0.612. The summed E-state index contributed by atoms with van der Waals surface area (Å²) in [5, 5.41) is -1.88. The van der Waals surface area contributed by atoms with E-state index in [0.717, 1.165) is 0 Å². The molecule has 0 aliphatic carbocycles. The third-order valence-electron chi connectivity index (χ3n) is 1.34. The number of carbonyl (C=O) groups excluding carboxylic acids is 1. The van der Waals surface area contributed by atoms with Gasteiger partial charge in [0.15, 0.2) is 11.5 Å². The van der Waals surface area contributed by atoms with Crippen LogP contribution < -0.4 is 0 Å². The third-order valence-corrected chi connectivity index (χ3v) is 1.80. The summed E-state index contributed by atoms with van der Waals surface area (Å²) in [5.41, 5.74) is -1.69. The van der Waals surface area contributed by atoms with Crippen molar-refractivity contribution in [3.05, 3.63) is 28.3 Å². The van der Waals surface area contributed by atoms with Gasteiger partial charge in [0, 0.05) is 0 Å². The lowest BCUT2D eigenvalue weighted by molar-refractivity contribution is 0.107. The lowest BCUT2D eigenvalue weighted by Crippen LogP contribution is -2.03. The Morgan fingerprint density at radius 3 is 2.50 bits per heavy atom. The van der Waals surface area contributed by atoms with E-state index in [0.29, 0.717) is 6.07 Å². The molecule has 76 valence electrons. The van der Waals surface area contributed by atoms with Crippen LogP contribution in [0.5, 0.6) is 0 Å². The van der Waals surface area contributed by atoms with Crippen LogP contribution in [0.2, 0.25) is 5.02 Å². The Labute approximate surface area is 86.6 Å². The fourth-order valence-corrected chi connectivity index (χ4v) is 1.09. The second kappa shape index (κ2) is 4.14. The molecular weight excluding hydrogens is 242 g/mol. The number of nitrogens with zero attached hydrogens (tertiary/aromatic N) is 1. The standard InChI is InChI=1S/C7H2Cl2F3NO/c8-2-1-3(7(11)12)13-5(4(2)10)6(9)14/h1,7H. The van der Waals surface area contributed by atoms with Crippen LogP contribution in [0.25, 0.3) is 0 Å². The molecule has 1 aromatic rings. The second-order valence-electron chi connectivity index (χ2n) is 2.27. The van der Waals surface area contributed by atoms with Crippen molar-refractivity contribution in [2.24, 2.45) is 0 Å². The van der Waals surface area contributed by atoms with Crippen molar-refractivity contribution in [1.82, 2.24) is 4.98 Å². The molecule has 0 aliphatic rings. The highest BCUT2D eigenvalue weighted by Crippen LogP contribution is 2.24. The molecule has 0 aromatic carbocycles. The smallest absolute Gasteiger partial charge is 0.274 e. The van der Waals surface area contributed by atoms with Crippen molar-refractivity contribution >= 4 is 28.4 Å². The average molecular weight is 244 g/mol. The molecule has 0 saturated heterocycles. The minimum atomic E-state index is -2.94. The lowest BCUT2D eigenvalue weighted by atomic mass is 10.3. The first-order chi connectivity index (χ1) is 6.43. The molecule has 0 atom stereocenters. The average Bonchev–Trinajstić information content (AvgIpc) is 2.08. The maximum Gasteiger partial charge on any atom is 0.280 e. The topological polar surface area (TPSA) is 30.0 Å². The van der Waals surface area contributed by atoms with Gasteiger partial charge in [0.05, 0.1) is 5.02 Å². The van der Waals surface area contributed by atoms with E-state index in [-0.39, 0.29) is 0 Å². The van der Waals surface area contributed by atoms with E-state index in [2.05, 4.69) is 4.98 Å². The van der Waals surface area contributed by atoms with Gasteiger partial charge < -0.3 is 0 Å². The van der Waals surface area contributed by atoms with Crippen LogP contribution in [0.15, 0.2) is 6.07 Å². The van der Waals surface area contributed by atoms with Crippen molar-refractivity contribution < 1.29 is 18.0 Å². The summed E-state index contributed by atoms with van der Waals surface area (Å²) in [6, 6.07) is 0.644. The number of alkyl halides is 2. The van der Waals surface area contributed by atoms with Crippen LogP contribution in [0.3, 0.4) is 0 Å². The van der Waals surface area contributed by atoms with Crippen molar-refractivity contribution in [2.75, 3.05) is 0 Å². The van der Waals surface area contributed by atoms with E-state index in [9.17, 15) is 18.0 Å². The summed E-state index contributed by atoms with van der Waals surface area (Å²) in [7, 11) is 0. The molecule has 1 rings (SSSR count). The lowest BCUT2D eigenvalue weighted by Gasteiger charge is -2.03. The van der Waals surface area contributed by atoms with Gasteiger partial charge in [-0.1, -0.05) is 11.6 Å². The number of hydrogen-bond acceptors (Lipinski definition) is 2. The molecule has 0 N–H and O–H groups in total. The van der Waals surface area contributed by atoms with Crippen LogP contribution in [-0.2, 0) is 0 Å². The van der Waals surface area contributed by atoms with E-state index < -0.39 is 33.9 Å². The Morgan fingerprint density at radius 2 is 2.07 bits per heavy atom. The zero-order chi connectivity index (χ0) is 10.9. The van der Waals surface area contributed by atoms with Crippen LogP contribution >= 0.6 is 23.2 Å². The number of aromatic nitrogens is 1. The van der Waals surface area contributed by atoms with Gasteiger partial charge in [0.25, 0.3) is 11.7 Å². The van der Waals surface area contributed by atoms with Crippen LogP contribution in [0.1, 0.15) is 22.6 Å². The van der Waals surface area contributed by atoms with E-state index in [1.165, 1.54) is 0 Å². The monoisotopic (exact) mass is 243 g/mol. The summed E-state index contributed by atoms with van der Waals surface area (Å²) < 4.78 is 37.2. The Hall–Kier alpha value is -0.810. The fraction of sp³-hybridized carbons (Fsp3) is 0.143. The predicted molar refractivity (Wildman–Crippen MR) is 44.3 cm³/mol. The molecule has 2 nitrogen and oxygen atoms in total. The molecule has 0 radical (unpaired) electrons. The summed E-state index contributed by atoms with van der Waals surface area (Å²) in [6.07, 6.45) is -2.94. The molecule has 0 unspecified atom stereocenters. The molecule has 0 spiro atoms. The number of hydrogen-bond donors (Lipinski definition) is 0. The van der Waals surface area contributed by atoms with Crippen molar-refractivity contribution in [3.8, 4) is 0 Å². The van der Waals surface area contributed by atoms with Gasteiger partial charge in [-0.25, -0.2) is 18.2 Å². The zero-order valence-electron chi connectivity index (χ0n) is 6.40. The van der Waals surface area contributed by atoms with Crippen molar-refractivity contribution in [2.45, 2.75) is 6.43 Å². The Morgan fingerprint density at radius 1 is 1.50 bits per heavy atom. The van der Waals surface area contributed by atoms with E-state index in [1.807, 2.05) is 0 Å². The molecule has 0 aliphatic heterocycles. The first kappa shape index (κ1) is 11.3. The summed E-state index contributed by atoms with van der Waals surface area (Å²) in [6.45, 7) is 0. The summed E-state index contributed by atoms with van der Waals surface area (Å²) in [5.74, 6) is -1.20. The maximum absolute atomic E-state index is 13.0. The molecule has 7 heteroatoms. The van der Waals surface area contributed by atoms with Gasteiger partial charge in [-0.2, -0.15) is 0 Å². The molecule has 0 bridgehead atoms. The zero-order valence-corrected chi connectivity index (χ0v) is 7.91.